The molecular weight excluding hydrogens is 324 g/mol. The topological polar surface area (TPSA) is 92.4 Å². The van der Waals surface area contributed by atoms with Gasteiger partial charge in [0.15, 0.2) is 0 Å². The van der Waals surface area contributed by atoms with Gasteiger partial charge in [0.05, 0.1) is 0 Å². The number of aliphatic carboxylic acids is 1. The predicted molar refractivity (Wildman–Crippen MR) is 102 cm³/mol. The highest BCUT2D eigenvalue weighted by Crippen LogP contribution is 2.07. The van der Waals surface area contributed by atoms with Crippen LogP contribution in [0.15, 0.2) is 12.2 Å². The number of carbonyl (C=O) groups excluding carboxylic acids is 1. The summed E-state index contributed by atoms with van der Waals surface area (Å²) in [5.41, 5.74) is 5.43. The van der Waals surface area contributed by atoms with Crippen LogP contribution in [0.1, 0.15) is 70.6 Å². The van der Waals surface area contributed by atoms with Crippen LogP contribution in [-0.2, 0) is 9.59 Å². The van der Waals surface area contributed by atoms with E-state index in [1.165, 1.54) is 0 Å². The first-order valence-electron chi connectivity index (χ1n) is 9.10. The summed E-state index contributed by atoms with van der Waals surface area (Å²) >= 11 is 4.12. The average Bonchev–Trinajstić information content (AvgIpc) is 2.56. The van der Waals surface area contributed by atoms with Crippen molar-refractivity contribution in [3.8, 4) is 0 Å². The second kappa shape index (κ2) is 16.8. The fourth-order valence-corrected chi connectivity index (χ4v) is 2.57. The van der Waals surface area contributed by atoms with Gasteiger partial charge in [-0.05, 0) is 63.7 Å². The fraction of sp³-hybridized carbons (Fsp3) is 0.778. The van der Waals surface area contributed by atoms with Crippen LogP contribution in [0.3, 0.4) is 0 Å². The first-order chi connectivity index (χ1) is 11.6. The minimum atomic E-state index is -0.948. The van der Waals surface area contributed by atoms with Crippen LogP contribution < -0.4 is 11.1 Å². The number of carboxylic acids is 1. The zero-order valence-electron chi connectivity index (χ0n) is 14.7. The quantitative estimate of drug-likeness (QED) is 0.193. The Hall–Kier alpha value is -1.01. The molecule has 0 rings (SSSR count). The van der Waals surface area contributed by atoms with E-state index in [0.717, 1.165) is 70.1 Å². The number of amides is 1. The number of allylic oxidation sites excluding steroid dienone is 2. The molecule has 5 nitrogen and oxygen atoms in total. The number of nitrogens with one attached hydrogen (secondary N) is 1. The molecule has 24 heavy (non-hydrogen) atoms. The molecule has 0 radical (unpaired) electrons. The third-order valence-electron chi connectivity index (χ3n) is 3.80. The Labute approximate surface area is 151 Å². The lowest BCUT2D eigenvalue weighted by Crippen LogP contribution is -2.40. The van der Waals surface area contributed by atoms with Crippen LogP contribution >= 0.6 is 12.6 Å². The molecule has 1 atom stereocenters. The van der Waals surface area contributed by atoms with E-state index in [4.69, 9.17) is 5.73 Å². The molecule has 0 aliphatic rings. The molecule has 1 amide bonds. The molecule has 1 unspecified atom stereocenters. The predicted octanol–water partition coefficient (Wildman–Crippen LogP) is 3.29. The molecule has 0 spiro atoms. The van der Waals surface area contributed by atoms with Crippen molar-refractivity contribution in [3.63, 3.8) is 0 Å². The van der Waals surface area contributed by atoms with E-state index in [1.54, 1.807) is 0 Å². The number of hydrogen-bond acceptors (Lipinski definition) is 4. The van der Waals surface area contributed by atoms with Gasteiger partial charge in [0, 0.05) is 6.42 Å². The standard InChI is InChI=1S/C18H34N2O3S/c19-14-10-6-4-2-1-3-5-8-12-16(18(22)23)20-17(21)13-9-7-11-15-24/h1-2,16,24H,3-15,19H2,(H,20,21)(H,22,23)/b2-1+. The summed E-state index contributed by atoms with van der Waals surface area (Å²) in [6.07, 6.45) is 13.8. The molecule has 140 valence electrons. The molecule has 0 saturated carbocycles. The van der Waals surface area contributed by atoms with Gasteiger partial charge in [0.25, 0.3) is 0 Å². The highest BCUT2D eigenvalue weighted by molar-refractivity contribution is 7.80. The molecule has 4 N–H and O–H groups in total. The lowest BCUT2D eigenvalue weighted by Gasteiger charge is -2.14. The summed E-state index contributed by atoms with van der Waals surface area (Å²) in [7, 11) is 0. The van der Waals surface area contributed by atoms with Crippen molar-refractivity contribution in [2.45, 2.75) is 76.7 Å². The molecule has 0 saturated heterocycles. The van der Waals surface area contributed by atoms with Gasteiger partial charge in [-0.3, -0.25) is 4.79 Å². The monoisotopic (exact) mass is 358 g/mol. The molecule has 0 heterocycles. The molecule has 0 bridgehead atoms. The van der Waals surface area contributed by atoms with E-state index >= 15 is 0 Å². The van der Waals surface area contributed by atoms with Crippen molar-refractivity contribution in [2.75, 3.05) is 12.3 Å². The summed E-state index contributed by atoms with van der Waals surface area (Å²) in [5, 5.41) is 11.8. The van der Waals surface area contributed by atoms with E-state index in [2.05, 4.69) is 30.1 Å². The van der Waals surface area contributed by atoms with Crippen LogP contribution in [0, 0.1) is 0 Å². The minimum absolute atomic E-state index is 0.165. The first kappa shape index (κ1) is 23.0. The van der Waals surface area contributed by atoms with Gasteiger partial charge in [-0.15, -0.1) is 0 Å². The van der Waals surface area contributed by atoms with Crippen molar-refractivity contribution < 1.29 is 14.7 Å². The third kappa shape index (κ3) is 14.6. The lowest BCUT2D eigenvalue weighted by atomic mass is 10.1. The van der Waals surface area contributed by atoms with Gasteiger partial charge in [-0.25, -0.2) is 4.79 Å². The number of rotatable bonds is 16. The number of carbonyl (C=O) groups is 2. The lowest BCUT2D eigenvalue weighted by molar-refractivity contribution is -0.142. The average molecular weight is 359 g/mol. The van der Waals surface area contributed by atoms with Crippen molar-refractivity contribution in [2.24, 2.45) is 5.73 Å². The number of nitrogens with two attached hydrogens (primary N) is 1. The summed E-state index contributed by atoms with van der Waals surface area (Å²) in [4.78, 5) is 23.0. The normalized spacial score (nSPS) is 12.4. The fourth-order valence-electron chi connectivity index (χ4n) is 2.35. The SMILES string of the molecule is NCCCC/C=C/CCCCC(NC(=O)CCCCCS)C(=O)O. The maximum Gasteiger partial charge on any atom is 0.326 e. The van der Waals surface area contributed by atoms with Crippen molar-refractivity contribution in [3.05, 3.63) is 12.2 Å². The summed E-state index contributed by atoms with van der Waals surface area (Å²) < 4.78 is 0. The molecule has 0 aliphatic carbocycles. The molecule has 0 aromatic heterocycles. The smallest absolute Gasteiger partial charge is 0.326 e. The summed E-state index contributed by atoms with van der Waals surface area (Å²) in [6, 6.07) is -0.768. The number of thiol groups is 1. The van der Waals surface area contributed by atoms with E-state index in [-0.39, 0.29) is 5.91 Å². The van der Waals surface area contributed by atoms with Gasteiger partial charge < -0.3 is 16.2 Å². The number of carboxylic acid groups (broad SMARTS) is 1. The number of unbranched alkanes of at least 4 members (excludes halogenated alkanes) is 6. The van der Waals surface area contributed by atoms with Crippen LogP contribution in [0.4, 0.5) is 0 Å². The molecule has 0 fully saturated rings. The largest absolute Gasteiger partial charge is 0.480 e. The maximum atomic E-state index is 11.8. The molecule has 6 heteroatoms. The second-order valence-electron chi connectivity index (χ2n) is 6.03. The third-order valence-corrected chi connectivity index (χ3v) is 4.12. The second-order valence-corrected chi connectivity index (χ2v) is 6.48. The Kier molecular flexibility index (Phi) is 16.1. The van der Waals surface area contributed by atoms with Gasteiger partial charge >= 0.3 is 5.97 Å². The van der Waals surface area contributed by atoms with Crippen LogP contribution in [0.25, 0.3) is 0 Å². The zero-order valence-corrected chi connectivity index (χ0v) is 15.6. The first-order valence-corrected chi connectivity index (χ1v) is 9.73. The summed E-state index contributed by atoms with van der Waals surface area (Å²) in [5.74, 6) is -0.293. The molecular formula is C18H34N2O3S. The summed E-state index contributed by atoms with van der Waals surface area (Å²) in [6.45, 7) is 0.741. The molecule has 0 aromatic carbocycles. The van der Waals surface area contributed by atoms with Gasteiger partial charge in [-0.1, -0.05) is 25.0 Å². The van der Waals surface area contributed by atoms with Gasteiger partial charge in [0.2, 0.25) is 5.91 Å². The van der Waals surface area contributed by atoms with E-state index in [0.29, 0.717) is 12.8 Å². The van der Waals surface area contributed by atoms with Crippen molar-refractivity contribution >= 4 is 24.5 Å². The van der Waals surface area contributed by atoms with Crippen LogP contribution in [0.5, 0.6) is 0 Å². The minimum Gasteiger partial charge on any atom is -0.480 e. The van der Waals surface area contributed by atoms with Crippen LogP contribution in [0.2, 0.25) is 0 Å². The Morgan fingerprint density at radius 1 is 1.00 bits per heavy atom. The number of hydrogen-bond donors (Lipinski definition) is 4. The van der Waals surface area contributed by atoms with Crippen molar-refractivity contribution in [1.82, 2.24) is 5.32 Å². The van der Waals surface area contributed by atoms with Gasteiger partial charge in [0.1, 0.15) is 6.04 Å². The van der Waals surface area contributed by atoms with Crippen molar-refractivity contribution in [1.29, 1.82) is 0 Å². The molecule has 0 aromatic rings. The Bertz CT molecular complexity index is 362. The Morgan fingerprint density at radius 3 is 2.25 bits per heavy atom. The molecule has 0 aliphatic heterocycles. The Morgan fingerprint density at radius 2 is 1.67 bits per heavy atom. The van der Waals surface area contributed by atoms with E-state index in [9.17, 15) is 14.7 Å². The highest BCUT2D eigenvalue weighted by atomic mass is 32.1. The van der Waals surface area contributed by atoms with Crippen LogP contribution in [-0.4, -0.2) is 35.3 Å². The van der Waals surface area contributed by atoms with E-state index < -0.39 is 12.0 Å². The zero-order chi connectivity index (χ0) is 18.0. The highest BCUT2D eigenvalue weighted by Gasteiger charge is 2.18. The maximum absolute atomic E-state index is 11.8. The Balaban J connectivity index is 3.80. The van der Waals surface area contributed by atoms with Gasteiger partial charge in [-0.2, -0.15) is 12.6 Å². The van der Waals surface area contributed by atoms with E-state index in [1.807, 2.05) is 0 Å².